The summed E-state index contributed by atoms with van der Waals surface area (Å²) in [5.41, 5.74) is 2.80. The summed E-state index contributed by atoms with van der Waals surface area (Å²) in [6.45, 7) is 2.16. The van der Waals surface area contributed by atoms with Crippen molar-refractivity contribution in [2.45, 2.75) is 13.5 Å². The Morgan fingerprint density at radius 1 is 1.17 bits per heavy atom. The van der Waals surface area contributed by atoms with Crippen LogP contribution in [0.1, 0.15) is 21.7 Å². The molecule has 116 valence electrons. The number of rotatable bonds is 4. The van der Waals surface area contributed by atoms with Gasteiger partial charge in [0.05, 0.1) is 12.1 Å². The lowest BCUT2D eigenvalue weighted by atomic mass is 10.1. The molecule has 0 unspecified atom stereocenters. The van der Waals surface area contributed by atoms with E-state index in [4.69, 9.17) is 4.52 Å². The van der Waals surface area contributed by atoms with E-state index in [-0.39, 0.29) is 12.1 Å². The second kappa shape index (κ2) is 6.44. The van der Waals surface area contributed by atoms with Crippen molar-refractivity contribution in [2.75, 3.05) is 0 Å². The second-order valence-corrected chi connectivity index (χ2v) is 5.21. The quantitative estimate of drug-likeness (QED) is 0.799. The highest BCUT2D eigenvalue weighted by molar-refractivity contribution is 5.94. The minimum absolute atomic E-state index is 0.00535. The largest absolute Gasteiger partial charge is 0.359 e. The number of carbonyl (C=O) groups is 1. The van der Waals surface area contributed by atoms with Crippen molar-refractivity contribution < 1.29 is 13.7 Å². The predicted octanol–water partition coefficient (Wildman–Crippen LogP) is 3.72. The lowest BCUT2D eigenvalue weighted by molar-refractivity contribution is 0.0943. The van der Waals surface area contributed by atoms with E-state index in [0.29, 0.717) is 11.5 Å². The van der Waals surface area contributed by atoms with Crippen LogP contribution in [0.5, 0.6) is 0 Å². The SMILES string of the molecule is Cc1ccc(-c2cc(CNC(=O)c3ccccc3F)on2)cc1. The molecule has 0 spiro atoms. The van der Waals surface area contributed by atoms with E-state index in [0.717, 1.165) is 11.1 Å². The van der Waals surface area contributed by atoms with E-state index < -0.39 is 11.7 Å². The molecule has 4 nitrogen and oxygen atoms in total. The fourth-order valence-corrected chi connectivity index (χ4v) is 2.16. The van der Waals surface area contributed by atoms with E-state index in [1.165, 1.54) is 18.2 Å². The Morgan fingerprint density at radius 2 is 1.91 bits per heavy atom. The molecule has 0 atom stereocenters. The first kappa shape index (κ1) is 15.0. The van der Waals surface area contributed by atoms with Gasteiger partial charge in [0, 0.05) is 11.6 Å². The molecule has 0 radical (unpaired) electrons. The molecule has 1 amide bonds. The van der Waals surface area contributed by atoms with Crippen LogP contribution in [0, 0.1) is 12.7 Å². The number of hydrogen-bond donors (Lipinski definition) is 1. The number of aryl methyl sites for hydroxylation is 1. The summed E-state index contributed by atoms with van der Waals surface area (Å²) in [4.78, 5) is 11.9. The monoisotopic (exact) mass is 310 g/mol. The normalized spacial score (nSPS) is 10.5. The summed E-state index contributed by atoms with van der Waals surface area (Å²) in [6.07, 6.45) is 0. The van der Waals surface area contributed by atoms with Gasteiger partial charge in [0.15, 0.2) is 5.76 Å². The van der Waals surface area contributed by atoms with E-state index in [2.05, 4.69) is 10.5 Å². The maximum absolute atomic E-state index is 13.5. The van der Waals surface area contributed by atoms with Crippen molar-refractivity contribution in [3.8, 4) is 11.3 Å². The highest BCUT2D eigenvalue weighted by Gasteiger charge is 2.12. The summed E-state index contributed by atoms with van der Waals surface area (Å²) < 4.78 is 18.7. The summed E-state index contributed by atoms with van der Waals surface area (Å²) in [6, 6.07) is 15.5. The Kier molecular flexibility index (Phi) is 4.19. The first-order chi connectivity index (χ1) is 11.1. The Hall–Kier alpha value is -2.95. The van der Waals surface area contributed by atoms with E-state index in [9.17, 15) is 9.18 Å². The van der Waals surface area contributed by atoms with Crippen molar-refractivity contribution in [1.82, 2.24) is 10.5 Å². The van der Waals surface area contributed by atoms with Crippen molar-refractivity contribution in [1.29, 1.82) is 0 Å². The number of nitrogens with zero attached hydrogens (tertiary/aromatic N) is 1. The molecule has 0 saturated carbocycles. The van der Waals surface area contributed by atoms with Gasteiger partial charge in [0.1, 0.15) is 11.5 Å². The van der Waals surface area contributed by atoms with Crippen molar-refractivity contribution >= 4 is 5.91 Å². The van der Waals surface area contributed by atoms with Gasteiger partial charge in [-0.25, -0.2) is 4.39 Å². The number of benzene rings is 2. The van der Waals surface area contributed by atoms with Crippen LogP contribution in [-0.4, -0.2) is 11.1 Å². The topological polar surface area (TPSA) is 55.1 Å². The average molecular weight is 310 g/mol. The van der Waals surface area contributed by atoms with Crippen LogP contribution in [0.2, 0.25) is 0 Å². The minimum atomic E-state index is -0.553. The van der Waals surface area contributed by atoms with Crippen LogP contribution in [0.3, 0.4) is 0 Å². The fraction of sp³-hybridized carbons (Fsp3) is 0.111. The predicted molar refractivity (Wildman–Crippen MR) is 84.2 cm³/mol. The lowest BCUT2D eigenvalue weighted by Gasteiger charge is -2.03. The number of nitrogens with one attached hydrogen (secondary N) is 1. The first-order valence-electron chi connectivity index (χ1n) is 7.19. The number of aromatic nitrogens is 1. The average Bonchev–Trinajstić information content (AvgIpc) is 3.03. The summed E-state index contributed by atoms with van der Waals surface area (Å²) >= 11 is 0. The zero-order valence-corrected chi connectivity index (χ0v) is 12.5. The minimum Gasteiger partial charge on any atom is -0.359 e. The van der Waals surface area contributed by atoms with Gasteiger partial charge in [-0.3, -0.25) is 4.79 Å². The molecular weight excluding hydrogens is 295 g/mol. The molecular formula is C18H15FN2O2. The lowest BCUT2D eigenvalue weighted by Crippen LogP contribution is -2.23. The van der Waals surface area contributed by atoms with Gasteiger partial charge < -0.3 is 9.84 Å². The van der Waals surface area contributed by atoms with Crippen molar-refractivity contribution in [2.24, 2.45) is 0 Å². The van der Waals surface area contributed by atoms with E-state index in [1.807, 2.05) is 31.2 Å². The zero-order chi connectivity index (χ0) is 16.2. The molecule has 0 aliphatic rings. The molecule has 0 bridgehead atoms. The molecule has 0 fully saturated rings. The zero-order valence-electron chi connectivity index (χ0n) is 12.5. The van der Waals surface area contributed by atoms with Crippen LogP contribution >= 0.6 is 0 Å². The van der Waals surface area contributed by atoms with Gasteiger partial charge in [0.25, 0.3) is 5.91 Å². The Bertz CT molecular complexity index is 825. The molecule has 3 rings (SSSR count). The molecule has 2 aromatic carbocycles. The van der Waals surface area contributed by atoms with Crippen LogP contribution in [0.25, 0.3) is 11.3 Å². The number of hydrogen-bond acceptors (Lipinski definition) is 3. The molecule has 23 heavy (non-hydrogen) atoms. The smallest absolute Gasteiger partial charge is 0.254 e. The summed E-state index contributed by atoms with van der Waals surface area (Å²) in [5.74, 6) is -0.537. The summed E-state index contributed by atoms with van der Waals surface area (Å²) in [5, 5.41) is 6.60. The van der Waals surface area contributed by atoms with Gasteiger partial charge in [-0.15, -0.1) is 0 Å². The molecule has 0 saturated heterocycles. The maximum atomic E-state index is 13.5. The Labute approximate surface area is 132 Å². The maximum Gasteiger partial charge on any atom is 0.254 e. The molecule has 0 aliphatic heterocycles. The molecule has 3 aromatic rings. The Balaban J connectivity index is 1.67. The molecule has 0 aliphatic carbocycles. The van der Waals surface area contributed by atoms with Crippen molar-refractivity contribution in [3.05, 3.63) is 77.3 Å². The third kappa shape index (κ3) is 3.45. The van der Waals surface area contributed by atoms with Crippen LogP contribution in [0.15, 0.2) is 59.1 Å². The molecule has 5 heteroatoms. The fourth-order valence-electron chi connectivity index (χ4n) is 2.16. The highest BCUT2D eigenvalue weighted by atomic mass is 19.1. The van der Waals surface area contributed by atoms with E-state index in [1.54, 1.807) is 12.1 Å². The second-order valence-electron chi connectivity index (χ2n) is 5.21. The van der Waals surface area contributed by atoms with Gasteiger partial charge in [-0.2, -0.15) is 0 Å². The van der Waals surface area contributed by atoms with Gasteiger partial charge in [-0.05, 0) is 19.1 Å². The standard InChI is InChI=1S/C18H15FN2O2/c1-12-6-8-13(9-7-12)17-10-14(23-21-17)11-20-18(22)15-4-2-3-5-16(15)19/h2-10H,11H2,1H3,(H,20,22). The number of carbonyl (C=O) groups excluding carboxylic acids is 1. The van der Waals surface area contributed by atoms with Crippen LogP contribution in [0.4, 0.5) is 4.39 Å². The van der Waals surface area contributed by atoms with Crippen molar-refractivity contribution in [3.63, 3.8) is 0 Å². The molecule has 1 heterocycles. The third-order valence-electron chi connectivity index (χ3n) is 3.45. The van der Waals surface area contributed by atoms with Gasteiger partial charge in [-0.1, -0.05) is 47.1 Å². The van der Waals surface area contributed by atoms with Crippen LogP contribution in [-0.2, 0) is 6.54 Å². The van der Waals surface area contributed by atoms with E-state index >= 15 is 0 Å². The first-order valence-corrected chi connectivity index (χ1v) is 7.19. The summed E-state index contributed by atoms with van der Waals surface area (Å²) in [7, 11) is 0. The number of halogens is 1. The van der Waals surface area contributed by atoms with Crippen LogP contribution < -0.4 is 5.32 Å². The molecule has 1 aromatic heterocycles. The third-order valence-corrected chi connectivity index (χ3v) is 3.45. The van der Waals surface area contributed by atoms with Gasteiger partial charge >= 0.3 is 0 Å². The Morgan fingerprint density at radius 3 is 2.65 bits per heavy atom. The molecule has 1 N–H and O–H groups in total. The van der Waals surface area contributed by atoms with Gasteiger partial charge in [0.2, 0.25) is 0 Å². The highest BCUT2D eigenvalue weighted by Crippen LogP contribution is 2.19. The number of amides is 1.